The molecule has 2 rings (SSSR count). The number of hydrogen-bond donors (Lipinski definition) is 3. The van der Waals surface area contributed by atoms with Crippen LogP contribution in [-0.4, -0.2) is 46.6 Å². The fourth-order valence-corrected chi connectivity index (χ4v) is 2.64. The number of aryl methyl sites for hydroxylation is 1. The number of pyridine rings is 1. The van der Waals surface area contributed by atoms with Crippen molar-refractivity contribution in [3.8, 4) is 0 Å². The van der Waals surface area contributed by atoms with Gasteiger partial charge in [-0.3, -0.25) is 9.78 Å². The number of amides is 3. The number of rotatable bonds is 9. The molecule has 0 saturated heterocycles. The first-order valence-electron chi connectivity index (χ1n) is 9.42. The van der Waals surface area contributed by atoms with Crippen molar-refractivity contribution in [1.82, 2.24) is 20.5 Å². The van der Waals surface area contributed by atoms with Crippen LogP contribution >= 0.6 is 0 Å². The molecule has 0 fully saturated rings. The van der Waals surface area contributed by atoms with Crippen molar-refractivity contribution in [3.63, 3.8) is 0 Å². The van der Waals surface area contributed by atoms with Crippen molar-refractivity contribution in [2.45, 2.75) is 32.9 Å². The number of likely N-dealkylation sites (N-methyl/N-ethyl adjacent to an activating group) is 1. The summed E-state index contributed by atoms with van der Waals surface area (Å²) in [6.45, 7) is 5.15. The molecule has 7 nitrogen and oxygen atoms in total. The largest absolute Gasteiger partial charge is 0.387 e. The van der Waals surface area contributed by atoms with Crippen molar-refractivity contribution in [2.24, 2.45) is 0 Å². The first-order valence-corrected chi connectivity index (χ1v) is 9.42. The molecule has 1 unspecified atom stereocenters. The normalized spacial score (nSPS) is 11.5. The van der Waals surface area contributed by atoms with Gasteiger partial charge in [-0.05, 0) is 37.1 Å². The molecular formula is C21H28N4O3. The van der Waals surface area contributed by atoms with Crippen molar-refractivity contribution < 1.29 is 14.7 Å². The van der Waals surface area contributed by atoms with E-state index in [0.717, 1.165) is 16.7 Å². The van der Waals surface area contributed by atoms with E-state index in [1.807, 2.05) is 50.2 Å². The maximum absolute atomic E-state index is 12.3. The monoisotopic (exact) mass is 384 g/mol. The lowest BCUT2D eigenvalue weighted by Crippen LogP contribution is -2.43. The van der Waals surface area contributed by atoms with Crippen molar-refractivity contribution in [3.05, 3.63) is 65.5 Å². The van der Waals surface area contributed by atoms with E-state index in [1.54, 1.807) is 12.4 Å². The van der Waals surface area contributed by atoms with E-state index in [-0.39, 0.29) is 31.4 Å². The molecule has 0 aliphatic rings. The van der Waals surface area contributed by atoms with Gasteiger partial charge in [0.2, 0.25) is 5.91 Å². The van der Waals surface area contributed by atoms with E-state index in [9.17, 15) is 14.7 Å². The van der Waals surface area contributed by atoms with Gasteiger partial charge in [0.05, 0.1) is 12.6 Å². The Labute approximate surface area is 165 Å². The Hall–Kier alpha value is -2.93. The molecule has 150 valence electrons. The van der Waals surface area contributed by atoms with Crippen LogP contribution in [0.1, 0.15) is 36.1 Å². The average Bonchev–Trinajstić information content (AvgIpc) is 2.71. The maximum Gasteiger partial charge on any atom is 0.317 e. The van der Waals surface area contributed by atoms with Crippen molar-refractivity contribution in [2.75, 3.05) is 19.6 Å². The molecule has 0 aliphatic carbocycles. The molecule has 3 amide bonds. The number of nitrogens with zero attached hydrogens (tertiary/aromatic N) is 2. The zero-order valence-electron chi connectivity index (χ0n) is 16.4. The highest BCUT2D eigenvalue weighted by Crippen LogP contribution is 2.15. The van der Waals surface area contributed by atoms with Crippen molar-refractivity contribution in [1.29, 1.82) is 0 Å². The Bertz CT molecular complexity index is 750. The van der Waals surface area contributed by atoms with E-state index in [2.05, 4.69) is 15.6 Å². The molecule has 1 aromatic heterocycles. The Kier molecular flexibility index (Phi) is 8.42. The van der Waals surface area contributed by atoms with Crippen LogP contribution in [0.15, 0.2) is 48.8 Å². The smallest absolute Gasteiger partial charge is 0.317 e. The maximum atomic E-state index is 12.3. The molecule has 0 spiro atoms. The van der Waals surface area contributed by atoms with Gasteiger partial charge in [0.15, 0.2) is 0 Å². The minimum atomic E-state index is -0.755. The molecule has 1 heterocycles. The third-order valence-corrected chi connectivity index (χ3v) is 4.39. The molecule has 1 atom stereocenters. The number of aromatic nitrogens is 1. The molecule has 28 heavy (non-hydrogen) atoms. The second kappa shape index (κ2) is 11.0. The molecular weight excluding hydrogens is 356 g/mol. The van der Waals surface area contributed by atoms with Crippen LogP contribution in [-0.2, 0) is 11.3 Å². The molecule has 2 aromatic rings. The SMILES string of the molecule is CCN(CC(O)c1ccc(C)cc1)C(=O)NCCC(=O)NCc1ccncc1. The van der Waals surface area contributed by atoms with E-state index < -0.39 is 6.10 Å². The highest BCUT2D eigenvalue weighted by atomic mass is 16.3. The molecule has 0 radical (unpaired) electrons. The lowest BCUT2D eigenvalue weighted by Gasteiger charge is -2.24. The second-order valence-electron chi connectivity index (χ2n) is 6.58. The summed E-state index contributed by atoms with van der Waals surface area (Å²) in [5, 5.41) is 15.9. The van der Waals surface area contributed by atoms with Crippen molar-refractivity contribution >= 4 is 11.9 Å². The standard InChI is InChI=1S/C21H28N4O3/c1-3-25(15-19(26)18-6-4-16(2)5-7-18)21(28)23-13-10-20(27)24-14-17-8-11-22-12-9-17/h4-9,11-12,19,26H,3,10,13-15H2,1-2H3,(H,23,28)(H,24,27). The van der Waals surface area contributed by atoms with E-state index >= 15 is 0 Å². The van der Waals surface area contributed by atoms with Crippen LogP contribution in [0.2, 0.25) is 0 Å². The van der Waals surface area contributed by atoms with Crippen LogP contribution in [0.4, 0.5) is 4.79 Å². The summed E-state index contributed by atoms with van der Waals surface area (Å²) >= 11 is 0. The average molecular weight is 384 g/mol. The summed E-state index contributed by atoms with van der Waals surface area (Å²) in [6.07, 6.45) is 2.78. The van der Waals surface area contributed by atoms with E-state index in [0.29, 0.717) is 13.1 Å². The second-order valence-corrected chi connectivity index (χ2v) is 6.58. The minimum Gasteiger partial charge on any atom is -0.387 e. The number of urea groups is 1. The fourth-order valence-electron chi connectivity index (χ4n) is 2.64. The summed E-state index contributed by atoms with van der Waals surface area (Å²) in [7, 11) is 0. The topological polar surface area (TPSA) is 94.6 Å². The van der Waals surface area contributed by atoms with Crippen LogP contribution in [0, 0.1) is 6.92 Å². The van der Waals surface area contributed by atoms with Crippen LogP contribution in [0.5, 0.6) is 0 Å². The summed E-state index contributed by atoms with van der Waals surface area (Å²) in [5.41, 5.74) is 2.85. The summed E-state index contributed by atoms with van der Waals surface area (Å²) < 4.78 is 0. The van der Waals surface area contributed by atoms with Crippen LogP contribution in [0.25, 0.3) is 0 Å². The molecule has 0 saturated carbocycles. The van der Waals surface area contributed by atoms with Gasteiger partial charge in [-0.2, -0.15) is 0 Å². The lowest BCUT2D eigenvalue weighted by atomic mass is 10.1. The number of aliphatic hydroxyl groups is 1. The van der Waals surface area contributed by atoms with Gasteiger partial charge in [-0.1, -0.05) is 29.8 Å². The molecule has 1 aromatic carbocycles. The zero-order valence-corrected chi connectivity index (χ0v) is 16.4. The van der Waals surface area contributed by atoms with Gasteiger partial charge in [0.1, 0.15) is 0 Å². The third-order valence-electron chi connectivity index (χ3n) is 4.39. The quantitative estimate of drug-likeness (QED) is 0.617. The van der Waals surface area contributed by atoms with Crippen LogP contribution < -0.4 is 10.6 Å². The first kappa shape index (κ1) is 21.4. The van der Waals surface area contributed by atoms with Gasteiger partial charge in [-0.25, -0.2) is 4.79 Å². The van der Waals surface area contributed by atoms with Gasteiger partial charge in [0, 0.05) is 38.4 Å². The van der Waals surface area contributed by atoms with Gasteiger partial charge >= 0.3 is 6.03 Å². The Morgan fingerprint density at radius 1 is 1.11 bits per heavy atom. The summed E-state index contributed by atoms with van der Waals surface area (Å²) in [6, 6.07) is 11.0. The van der Waals surface area contributed by atoms with E-state index in [4.69, 9.17) is 0 Å². The van der Waals surface area contributed by atoms with Gasteiger partial charge < -0.3 is 20.6 Å². The minimum absolute atomic E-state index is 0.139. The van der Waals surface area contributed by atoms with Gasteiger partial charge in [-0.15, -0.1) is 0 Å². The number of carbonyl (C=O) groups excluding carboxylic acids is 2. The Morgan fingerprint density at radius 2 is 1.79 bits per heavy atom. The third kappa shape index (κ3) is 7.00. The molecule has 0 aliphatic heterocycles. The predicted octanol–water partition coefficient (Wildman–Crippen LogP) is 2.16. The highest BCUT2D eigenvalue weighted by molar-refractivity contribution is 5.78. The molecule has 0 bridgehead atoms. The Balaban J connectivity index is 1.72. The summed E-state index contributed by atoms with van der Waals surface area (Å²) in [5.74, 6) is -0.139. The highest BCUT2D eigenvalue weighted by Gasteiger charge is 2.17. The van der Waals surface area contributed by atoms with E-state index in [1.165, 1.54) is 4.90 Å². The summed E-state index contributed by atoms with van der Waals surface area (Å²) in [4.78, 5) is 29.7. The predicted molar refractivity (Wildman–Crippen MR) is 107 cm³/mol. The lowest BCUT2D eigenvalue weighted by molar-refractivity contribution is -0.121. The fraction of sp³-hybridized carbons (Fsp3) is 0.381. The Morgan fingerprint density at radius 3 is 2.43 bits per heavy atom. The zero-order chi connectivity index (χ0) is 20.4. The molecule has 7 heteroatoms. The van der Waals surface area contributed by atoms with Gasteiger partial charge in [0.25, 0.3) is 0 Å². The number of carbonyl (C=O) groups is 2. The van der Waals surface area contributed by atoms with Crippen LogP contribution in [0.3, 0.4) is 0 Å². The number of aliphatic hydroxyl groups excluding tert-OH is 1. The number of hydrogen-bond acceptors (Lipinski definition) is 4. The molecule has 3 N–H and O–H groups in total. The first-order chi connectivity index (χ1) is 13.5. The number of nitrogens with one attached hydrogen (secondary N) is 2. The number of benzene rings is 1.